The van der Waals surface area contributed by atoms with Gasteiger partial charge in [0.1, 0.15) is 11.5 Å². The largest absolute Gasteiger partial charge is 0.387 e. The van der Waals surface area contributed by atoms with Gasteiger partial charge in [-0.2, -0.15) is 0 Å². The highest BCUT2D eigenvalue weighted by molar-refractivity contribution is 7.09. The molecule has 1 N–H and O–H groups in total. The highest BCUT2D eigenvalue weighted by atomic mass is 32.1. The van der Waals surface area contributed by atoms with Crippen LogP contribution in [0.3, 0.4) is 0 Å². The molecular formula is C12H12FNOS. The number of aromatic nitrogens is 1. The standard InChI is InChI=1S/C12H12FNOS/c13-10-4-1-7-14-12(10)11(15)6-5-9-3-2-8-16-9/h1-4,7-8,11,15H,5-6H2. The fourth-order valence-electron chi connectivity index (χ4n) is 1.51. The number of aryl methyl sites for hydroxylation is 1. The molecule has 0 aromatic carbocycles. The van der Waals surface area contributed by atoms with Crippen LogP contribution in [0.2, 0.25) is 0 Å². The van der Waals surface area contributed by atoms with E-state index < -0.39 is 11.9 Å². The van der Waals surface area contributed by atoms with E-state index in [4.69, 9.17) is 0 Å². The van der Waals surface area contributed by atoms with Crippen molar-refractivity contribution in [1.29, 1.82) is 0 Å². The number of nitrogens with zero attached hydrogens (tertiary/aromatic N) is 1. The summed E-state index contributed by atoms with van der Waals surface area (Å²) in [5.74, 6) is -0.443. The topological polar surface area (TPSA) is 33.1 Å². The van der Waals surface area contributed by atoms with Gasteiger partial charge in [-0.3, -0.25) is 4.98 Å². The second kappa shape index (κ2) is 5.18. The molecule has 2 heterocycles. The van der Waals surface area contributed by atoms with Crippen LogP contribution in [-0.2, 0) is 6.42 Å². The van der Waals surface area contributed by atoms with Crippen molar-refractivity contribution in [2.75, 3.05) is 0 Å². The summed E-state index contributed by atoms with van der Waals surface area (Å²) in [6.07, 6.45) is 1.90. The van der Waals surface area contributed by atoms with Crippen molar-refractivity contribution >= 4 is 11.3 Å². The fraction of sp³-hybridized carbons (Fsp3) is 0.250. The first-order valence-corrected chi connectivity index (χ1v) is 5.96. The Labute approximate surface area is 97.4 Å². The monoisotopic (exact) mass is 237 g/mol. The van der Waals surface area contributed by atoms with Crippen molar-refractivity contribution < 1.29 is 9.50 Å². The Hall–Kier alpha value is -1.26. The molecule has 0 amide bonds. The molecule has 2 nitrogen and oxygen atoms in total. The van der Waals surface area contributed by atoms with Gasteiger partial charge in [-0.15, -0.1) is 11.3 Å². The zero-order valence-electron chi connectivity index (χ0n) is 8.64. The lowest BCUT2D eigenvalue weighted by atomic mass is 10.1. The summed E-state index contributed by atoms with van der Waals surface area (Å²) < 4.78 is 13.3. The summed E-state index contributed by atoms with van der Waals surface area (Å²) in [5.41, 5.74) is 0.138. The Morgan fingerprint density at radius 3 is 2.94 bits per heavy atom. The first-order chi connectivity index (χ1) is 7.77. The first kappa shape index (κ1) is 11.2. The predicted molar refractivity (Wildman–Crippen MR) is 61.8 cm³/mol. The van der Waals surface area contributed by atoms with Crippen molar-refractivity contribution in [2.45, 2.75) is 18.9 Å². The van der Waals surface area contributed by atoms with Crippen molar-refractivity contribution in [3.63, 3.8) is 0 Å². The van der Waals surface area contributed by atoms with Crippen LogP contribution in [0.4, 0.5) is 4.39 Å². The molecule has 0 aliphatic rings. The van der Waals surface area contributed by atoms with Gasteiger partial charge in [0.25, 0.3) is 0 Å². The van der Waals surface area contributed by atoms with E-state index in [1.165, 1.54) is 23.2 Å². The first-order valence-electron chi connectivity index (χ1n) is 5.08. The Morgan fingerprint density at radius 2 is 2.25 bits per heavy atom. The Morgan fingerprint density at radius 1 is 1.38 bits per heavy atom. The van der Waals surface area contributed by atoms with Crippen LogP contribution in [0.25, 0.3) is 0 Å². The van der Waals surface area contributed by atoms with Gasteiger partial charge in [0.15, 0.2) is 0 Å². The minimum Gasteiger partial charge on any atom is -0.387 e. The van der Waals surface area contributed by atoms with Crippen LogP contribution in [0.1, 0.15) is 23.1 Å². The number of halogens is 1. The molecule has 2 aromatic heterocycles. The summed E-state index contributed by atoms with van der Waals surface area (Å²) >= 11 is 1.64. The van der Waals surface area contributed by atoms with Crippen molar-refractivity contribution in [3.8, 4) is 0 Å². The molecule has 1 atom stereocenters. The lowest BCUT2D eigenvalue weighted by Gasteiger charge is -2.09. The van der Waals surface area contributed by atoms with Gasteiger partial charge in [-0.25, -0.2) is 4.39 Å². The number of hydrogen-bond acceptors (Lipinski definition) is 3. The number of thiophene rings is 1. The Balaban J connectivity index is 1.98. The zero-order chi connectivity index (χ0) is 11.4. The number of hydrogen-bond donors (Lipinski definition) is 1. The predicted octanol–water partition coefficient (Wildman–Crippen LogP) is 2.95. The van der Waals surface area contributed by atoms with E-state index in [-0.39, 0.29) is 5.69 Å². The van der Waals surface area contributed by atoms with E-state index >= 15 is 0 Å². The quantitative estimate of drug-likeness (QED) is 0.886. The van der Waals surface area contributed by atoms with Gasteiger partial charge in [-0.05, 0) is 36.4 Å². The Bertz CT molecular complexity index is 444. The van der Waals surface area contributed by atoms with Crippen molar-refractivity contribution in [3.05, 3.63) is 52.2 Å². The van der Waals surface area contributed by atoms with Gasteiger partial charge >= 0.3 is 0 Å². The molecular weight excluding hydrogens is 225 g/mol. The molecule has 0 bridgehead atoms. The van der Waals surface area contributed by atoms with Gasteiger partial charge < -0.3 is 5.11 Å². The lowest BCUT2D eigenvalue weighted by molar-refractivity contribution is 0.158. The number of aliphatic hydroxyl groups excluding tert-OH is 1. The van der Waals surface area contributed by atoms with E-state index in [9.17, 15) is 9.50 Å². The van der Waals surface area contributed by atoms with Crippen LogP contribution in [0, 0.1) is 5.82 Å². The third-order valence-corrected chi connectivity index (χ3v) is 3.28. The van der Waals surface area contributed by atoms with Crippen LogP contribution in [0.15, 0.2) is 35.8 Å². The third-order valence-electron chi connectivity index (χ3n) is 2.35. The molecule has 0 aliphatic carbocycles. The molecule has 1 unspecified atom stereocenters. The summed E-state index contributed by atoms with van der Waals surface area (Å²) in [4.78, 5) is 5.05. The summed E-state index contributed by atoms with van der Waals surface area (Å²) in [5, 5.41) is 11.8. The maximum atomic E-state index is 13.3. The molecule has 0 fully saturated rings. The molecule has 0 aliphatic heterocycles. The normalized spacial score (nSPS) is 12.6. The van der Waals surface area contributed by atoms with Crippen molar-refractivity contribution in [1.82, 2.24) is 4.98 Å². The third kappa shape index (κ3) is 2.65. The minimum atomic E-state index is -0.830. The molecule has 0 saturated carbocycles. The molecule has 0 radical (unpaired) electrons. The zero-order valence-corrected chi connectivity index (χ0v) is 9.45. The van der Waals surface area contributed by atoms with Gasteiger partial charge in [0.2, 0.25) is 0 Å². The molecule has 0 saturated heterocycles. The fourth-order valence-corrected chi connectivity index (χ4v) is 2.24. The molecule has 84 valence electrons. The smallest absolute Gasteiger partial charge is 0.147 e. The SMILES string of the molecule is OC(CCc1cccs1)c1ncccc1F. The number of pyridine rings is 1. The molecule has 2 aromatic rings. The number of aliphatic hydroxyl groups is 1. The van der Waals surface area contributed by atoms with E-state index in [1.807, 2.05) is 17.5 Å². The van der Waals surface area contributed by atoms with Gasteiger partial charge in [-0.1, -0.05) is 6.07 Å². The second-order valence-electron chi connectivity index (χ2n) is 3.50. The Kier molecular flexibility index (Phi) is 3.64. The molecule has 2 rings (SSSR count). The van der Waals surface area contributed by atoms with Gasteiger partial charge in [0, 0.05) is 11.1 Å². The molecule has 0 spiro atoms. The highest BCUT2D eigenvalue weighted by Crippen LogP contribution is 2.21. The molecule has 16 heavy (non-hydrogen) atoms. The maximum absolute atomic E-state index is 13.3. The lowest BCUT2D eigenvalue weighted by Crippen LogP contribution is -2.04. The van der Waals surface area contributed by atoms with E-state index in [0.29, 0.717) is 6.42 Å². The van der Waals surface area contributed by atoms with Crippen LogP contribution in [-0.4, -0.2) is 10.1 Å². The van der Waals surface area contributed by atoms with E-state index in [2.05, 4.69) is 4.98 Å². The summed E-state index contributed by atoms with van der Waals surface area (Å²) in [6, 6.07) is 6.81. The number of rotatable bonds is 4. The van der Waals surface area contributed by atoms with Gasteiger partial charge in [0.05, 0.1) is 6.10 Å². The molecule has 4 heteroatoms. The minimum absolute atomic E-state index is 0.138. The van der Waals surface area contributed by atoms with Crippen LogP contribution in [0.5, 0.6) is 0 Å². The van der Waals surface area contributed by atoms with E-state index in [0.717, 1.165) is 6.42 Å². The van der Waals surface area contributed by atoms with Crippen LogP contribution < -0.4 is 0 Å². The van der Waals surface area contributed by atoms with Crippen molar-refractivity contribution in [2.24, 2.45) is 0 Å². The summed E-state index contributed by atoms with van der Waals surface area (Å²) in [7, 11) is 0. The van der Waals surface area contributed by atoms with E-state index in [1.54, 1.807) is 11.3 Å². The maximum Gasteiger partial charge on any atom is 0.147 e. The van der Waals surface area contributed by atoms with Crippen LogP contribution >= 0.6 is 11.3 Å². The average Bonchev–Trinajstić information content (AvgIpc) is 2.79. The second-order valence-corrected chi connectivity index (χ2v) is 4.54. The average molecular weight is 237 g/mol. The summed E-state index contributed by atoms with van der Waals surface area (Å²) in [6.45, 7) is 0. The highest BCUT2D eigenvalue weighted by Gasteiger charge is 2.13.